The Hall–Kier alpha value is -1.56. The Labute approximate surface area is 139 Å². The molecule has 3 rings (SSSR count). The molecule has 0 unspecified atom stereocenters. The first kappa shape index (κ1) is 16.3. The SMILES string of the molecule is [B]c1ccc2ncc(S(C)(=O)=O)c(NC3CCC(C)CC3)c2c1. The third-order valence-corrected chi connectivity index (χ3v) is 5.73. The van der Waals surface area contributed by atoms with Gasteiger partial charge in [0, 0.05) is 23.9 Å². The van der Waals surface area contributed by atoms with Gasteiger partial charge in [0.15, 0.2) is 9.84 Å². The maximum Gasteiger partial charge on any atom is 0.179 e. The number of aromatic nitrogens is 1. The van der Waals surface area contributed by atoms with Crippen LogP contribution in [0.5, 0.6) is 0 Å². The van der Waals surface area contributed by atoms with Crippen molar-refractivity contribution in [3.05, 3.63) is 24.4 Å². The third-order valence-electron chi connectivity index (χ3n) is 4.62. The topological polar surface area (TPSA) is 59.1 Å². The maximum atomic E-state index is 12.2. The minimum atomic E-state index is -3.37. The van der Waals surface area contributed by atoms with Crippen molar-refractivity contribution >= 4 is 39.7 Å². The van der Waals surface area contributed by atoms with Crippen molar-refractivity contribution in [2.75, 3.05) is 11.6 Å². The van der Waals surface area contributed by atoms with E-state index >= 15 is 0 Å². The number of sulfone groups is 1. The Morgan fingerprint density at radius 1 is 1.22 bits per heavy atom. The first-order valence-corrected chi connectivity index (χ1v) is 9.88. The van der Waals surface area contributed by atoms with Crippen LogP contribution in [0.25, 0.3) is 10.9 Å². The van der Waals surface area contributed by atoms with E-state index in [1.807, 2.05) is 6.07 Å². The molecule has 1 aliphatic carbocycles. The van der Waals surface area contributed by atoms with Gasteiger partial charge >= 0.3 is 0 Å². The van der Waals surface area contributed by atoms with Gasteiger partial charge in [-0.2, -0.15) is 0 Å². The summed E-state index contributed by atoms with van der Waals surface area (Å²) >= 11 is 0. The van der Waals surface area contributed by atoms with Crippen LogP contribution < -0.4 is 10.8 Å². The molecule has 1 aromatic heterocycles. The molecule has 2 aromatic rings. The van der Waals surface area contributed by atoms with Crippen molar-refractivity contribution in [3.63, 3.8) is 0 Å². The maximum absolute atomic E-state index is 12.2. The number of pyridine rings is 1. The number of fused-ring (bicyclic) bond motifs is 1. The van der Waals surface area contributed by atoms with Crippen molar-refractivity contribution < 1.29 is 8.42 Å². The number of rotatable bonds is 3. The lowest BCUT2D eigenvalue weighted by Crippen LogP contribution is -2.26. The van der Waals surface area contributed by atoms with E-state index in [9.17, 15) is 8.42 Å². The van der Waals surface area contributed by atoms with E-state index in [1.54, 1.807) is 12.1 Å². The molecule has 1 heterocycles. The standard InChI is InChI=1S/C17H21BN2O2S/c1-11-3-6-13(7-4-11)20-17-14-9-12(18)5-8-15(14)19-10-16(17)23(2,21)22/h5,8-11,13H,3-4,6-7H2,1-2H3,(H,19,20). The highest BCUT2D eigenvalue weighted by molar-refractivity contribution is 7.90. The second-order valence-corrected chi connectivity index (χ2v) is 8.63. The Morgan fingerprint density at radius 3 is 2.57 bits per heavy atom. The molecule has 6 heteroatoms. The molecule has 4 nitrogen and oxygen atoms in total. The van der Waals surface area contributed by atoms with Gasteiger partial charge in [-0.15, -0.1) is 0 Å². The summed E-state index contributed by atoms with van der Waals surface area (Å²) in [6, 6.07) is 5.69. The van der Waals surface area contributed by atoms with Gasteiger partial charge in [0.2, 0.25) is 0 Å². The van der Waals surface area contributed by atoms with Crippen LogP contribution in [0, 0.1) is 5.92 Å². The first-order chi connectivity index (χ1) is 10.8. The van der Waals surface area contributed by atoms with Gasteiger partial charge in [0.1, 0.15) is 12.7 Å². The molecule has 0 atom stereocenters. The van der Waals surface area contributed by atoms with Gasteiger partial charge < -0.3 is 5.32 Å². The number of hydrogen-bond donors (Lipinski definition) is 1. The molecule has 0 amide bonds. The zero-order valence-electron chi connectivity index (χ0n) is 13.5. The summed E-state index contributed by atoms with van der Waals surface area (Å²) in [6.45, 7) is 2.26. The number of nitrogens with one attached hydrogen (secondary N) is 1. The molecule has 0 bridgehead atoms. The molecule has 1 aliphatic rings. The highest BCUT2D eigenvalue weighted by Crippen LogP contribution is 2.32. The summed E-state index contributed by atoms with van der Waals surface area (Å²) in [4.78, 5) is 4.52. The third kappa shape index (κ3) is 3.52. The molecule has 23 heavy (non-hydrogen) atoms. The molecule has 0 aliphatic heterocycles. The lowest BCUT2D eigenvalue weighted by Gasteiger charge is -2.29. The molecule has 1 saturated carbocycles. The molecule has 1 N–H and O–H groups in total. The smallest absolute Gasteiger partial charge is 0.179 e. The molecular weight excluding hydrogens is 307 g/mol. The van der Waals surface area contributed by atoms with Crippen LogP contribution in [0.15, 0.2) is 29.3 Å². The van der Waals surface area contributed by atoms with E-state index < -0.39 is 9.84 Å². The Morgan fingerprint density at radius 2 is 1.91 bits per heavy atom. The normalized spacial score (nSPS) is 22.2. The monoisotopic (exact) mass is 328 g/mol. The van der Waals surface area contributed by atoms with Gasteiger partial charge in [-0.1, -0.05) is 24.5 Å². The summed E-state index contributed by atoms with van der Waals surface area (Å²) in [5.74, 6) is 0.743. The average Bonchev–Trinajstić information content (AvgIpc) is 2.49. The molecule has 0 saturated heterocycles. The Bertz CT molecular complexity index is 828. The van der Waals surface area contributed by atoms with E-state index in [0.29, 0.717) is 17.2 Å². The summed E-state index contributed by atoms with van der Waals surface area (Å²) in [5.41, 5.74) is 1.99. The van der Waals surface area contributed by atoms with Gasteiger partial charge in [0.25, 0.3) is 0 Å². The lowest BCUT2D eigenvalue weighted by atomic mass is 9.87. The van der Waals surface area contributed by atoms with Crippen LogP contribution in [0.2, 0.25) is 0 Å². The van der Waals surface area contributed by atoms with E-state index in [-0.39, 0.29) is 4.90 Å². The van der Waals surface area contributed by atoms with Gasteiger partial charge in [0.05, 0.1) is 11.2 Å². The van der Waals surface area contributed by atoms with Crippen LogP contribution in [0.1, 0.15) is 32.6 Å². The molecule has 120 valence electrons. The van der Waals surface area contributed by atoms with Crippen LogP contribution in [-0.2, 0) is 9.84 Å². The van der Waals surface area contributed by atoms with Gasteiger partial charge in [-0.05, 0) is 37.7 Å². The fourth-order valence-electron chi connectivity index (χ4n) is 3.23. The van der Waals surface area contributed by atoms with E-state index in [0.717, 1.165) is 42.5 Å². The minimum absolute atomic E-state index is 0.245. The second-order valence-electron chi connectivity index (χ2n) is 6.65. The molecule has 1 aromatic carbocycles. The van der Waals surface area contributed by atoms with Crippen LogP contribution in [-0.4, -0.2) is 33.5 Å². The fourth-order valence-corrected chi connectivity index (χ4v) is 4.01. The van der Waals surface area contributed by atoms with Crippen molar-refractivity contribution in [3.8, 4) is 0 Å². The van der Waals surface area contributed by atoms with E-state index in [4.69, 9.17) is 7.85 Å². The zero-order valence-corrected chi connectivity index (χ0v) is 14.4. The first-order valence-electron chi connectivity index (χ1n) is 7.99. The lowest BCUT2D eigenvalue weighted by molar-refractivity contribution is 0.361. The predicted molar refractivity (Wildman–Crippen MR) is 95.3 cm³/mol. The molecular formula is C17H21BN2O2S. The van der Waals surface area contributed by atoms with E-state index in [2.05, 4.69) is 17.2 Å². The highest BCUT2D eigenvalue weighted by atomic mass is 32.2. The molecule has 2 radical (unpaired) electrons. The molecule has 0 spiro atoms. The van der Waals surface area contributed by atoms with Crippen molar-refractivity contribution in [2.45, 2.75) is 43.5 Å². The van der Waals surface area contributed by atoms with Crippen LogP contribution in [0.3, 0.4) is 0 Å². The van der Waals surface area contributed by atoms with Crippen LogP contribution >= 0.6 is 0 Å². The van der Waals surface area contributed by atoms with Crippen molar-refractivity contribution in [1.82, 2.24) is 4.98 Å². The quantitative estimate of drug-likeness (QED) is 0.879. The number of anilines is 1. The summed E-state index contributed by atoms with van der Waals surface area (Å²) in [6.07, 6.45) is 7.10. The number of nitrogens with zero attached hydrogens (tertiary/aromatic N) is 1. The summed E-state index contributed by atoms with van der Waals surface area (Å²) in [7, 11) is 2.53. The average molecular weight is 328 g/mol. The number of hydrogen-bond acceptors (Lipinski definition) is 4. The zero-order chi connectivity index (χ0) is 16.6. The minimum Gasteiger partial charge on any atom is -0.381 e. The van der Waals surface area contributed by atoms with Crippen molar-refractivity contribution in [1.29, 1.82) is 0 Å². The summed E-state index contributed by atoms with van der Waals surface area (Å²) in [5, 5.41) is 4.24. The second kappa shape index (κ2) is 6.15. The Balaban J connectivity index is 2.09. The van der Waals surface area contributed by atoms with Crippen molar-refractivity contribution in [2.24, 2.45) is 5.92 Å². The largest absolute Gasteiger partial charge is 0.381 e. The highest BCUT2D eigenvalue weighted by Gasteiger charge is 2.23. The summed E-state index contributed by atoms with van der Waals surface area (Å²) < 4.78 is 24.3. The Kier molecular flexibility index (Phi) is 4.36. The van der Waals surface area contributed by atoms with E-state index in [1.165, 1.54) is 12.5 Å². The predicted octanol–water partition coefficient (Wildman–Crippen LogP) is 2.42. The fraction of sp³-hybridized carbons (Fsp3) is 0.471. The number of benzene rings is 1. The van der Waals surface area contributed by atoms with Gasteiger partial charge in [-0.3, -0.25) is 4.98 Å². The van der Waals surface area contributed by atoms with Crippen LogP contribution in [0.4, 0.5) is 5.69 Å². The van der Waals surface area contributed by atoms with Gasteiger partial charge in [-0.25, -0.2) is 8.42 Å². The molecule has 1 fully saturated rings.